The standard InChI is InChI=1S/C15H23NO2/c1-2-3-5-12-8-10-13(11-9-12)14(16)6-4-7-15(17)18/h8-11,14H,2-7,16H2,1H3,(H,17,18)/t14-/m1/s1. The second-order valence-electron chi connectivity index (χ2n) is 4.81. The molecule has 100 valence electrons. The molecular formula is C15H23NO2. The maximum atomic E-state index is 10.3. The van der Waals surface area contributed by atoms with Gasteiger partial charge in [0.15, 0.2) is 0 Å². The maximum Gasteiger partial charge on any atom is 0.110 e. The first-order valence-corrected chi connectivity index (χ1v) is 6.75. The Bertz CT molecular complexity index is 359. The van der Waals surface area contributed by atoms with Gasteiger partial charge >= 0.3 is 0 Å². The quantitative estimate of drug-likeness (QED) is 0.753. The highest BCUT2D eigenvalue weighted by atomic mass is 16.4. The third-order valence-electron chi connectivity index (χ3n) is 3.20. The first-order valence-electron chi connectivity index (χ1n) is 6.75. The monoisotopic (exact) mass is 249 g/mol. The summed E-state index contributed by atoms with van der Waals surface area (Å²) in [6.45, 7) is 2.19. The van der Waals surface area contributed by atoms with E-state index in [0.717, 1.165) is 12.8 Å². The predicted octanol–water partition coefficient (Wildman–Crippen LogP) is 1.23. The number of carbonyl (C=O) groups is 1. The zero-order valence-corrected chi connectivity index (χ0v) is 11.2. The van der Waals surface area contributed by atoms with E-state index in [2.05, 4.69) is 36.9 Å². The summed E-state index contributed by atoms with van der Waals surface area (Å²) < 4.78 is 0. The number of aliphatic carboxylic acids is 1. The number of carbonyl (C=O) groups excluding carboxylic acids is 1. The summed E-state index contributed by atoms with van der Waals surface area (Å²) >= 11 is 0. The first kappa shape index (κ1) is 14.7. The number of quaternary nitrogens is 1. The minimum absolute atomic E-state index is 0.126. The Kier molecular flexibility index (Phi) is 6.44. The summed E-state index contributed by atoms with van der Waals surface area (Å²) in [4.78, 5) is 10.3. The van der Waals surface area contributed by atoms with Crippen molar-refractivity contribution in [3.8, 4) is 0 Å². The van der Waals surface area contributed by atoms with Crippen LogP contribution in [0.3, 0.4) is 0 Å². The van der Waals surface area contributed by atoms with E-state index in [0.29, 0.717) is 6.42 Å². The van der Waals surface area contributed by atoms with Crippen molar-refractivity contribution >= 4 is 5.97 Å². The number of rotatable bonds is 8. The molecular weight excluding hydrogens is 226 g/mol. The molecule has 0 bridgehead atoms. The average molecular weight is 249 g/mol. The van der Waals surface area contributed by atoms with Crippen LogP contribution in [-0.2, 0) is 11.2 Å². The van der Waals surface area contributed by atoms with Crippen LogP contribution in [0.4, 0.5) is 0 Å². The van der Waals surface area contributed by atoms with E-state index in [1.54, 1.807) is 0 Å². The molecule has 0 unspecified atom stereocenters. The largest absolute Gasteiger partial charge is 0.550 e. The highest BCUT2D eigenvalue weighted by Gasteiger charge is 2.08. The van der Waals surface area contributed by atoms with Crippen LogP contribution in [-0.4, -0.2) is 5.97 Å². The van der Waals surface area contributed by atoms with Crippen molar-refractivity contribution in [3.05, 3.63) is 35.4 Å². The van der Waals surface area contributed by atoms with E-state index >= 15 is 0 Å². The maximum absolute atomic E-state index is 10.3. The van der Waals surface area contributed by atoms with Gasteiger partial charge in [-0.3, -0.25) is 0 Å². The van der Waals surface area contributed by atoms with Crippen LogP contribution in [0, 0.1) is 0 Å². The van der Waals surface area contributed by atoms with Gasteiger partial charge < -0.3 is 15.6 Å². The molecule has 0 aliphatic carbocycles. The number of carboxylic acids is 1. The van der Waals surface area contributed by atoms with Crippen LogP contribution in [0.1, 0.15) is 56.2 Å². The van der Waals surface area contributed by atoms with Crippen LogP contribution in [0.2, 0.25) is 0 Å². The van der Waals surface area contributed by atoms with Crippen molar-refractivity contribution in [2.45, 2.75) is 51.5 Å². The lowest BCUT2D eigenvalue weighted by Crippen LogP contribution is -2.53. The Morgan fingerprint density at radius 3 is 2.50 bits per heavy atom. The molecule has 0 amide bonds. The third kappa shape index (κ3) is 5.32. The van der Waals surface area contributed by atoms with E-state index in [1.807, 2.05) is 0 Å². The summed E-state index contributed by atoms with van der Waals surface area (Å²) in [7, 11) is 0. The molecule has 0 heterocycles. The number of aryl methyl sites for hydroxylation is 1. The molecule has 0 aromatic heterocycles. The van der Waals surface area contributed by atoms with Crippen molar-refractivity contribution in [3.63, 3.8) is 0 Å². The van der Waals surface area contributed by atoms with Crippen LogP contribution in [0.15, 0.2) is 24.3 Å². The molecule has 3 N–H and O–H groups in total. The van der Waals surface area contributed by atoms with Gasteiger partial charge in [-0.05, 0) is 31.2 Å². The van der Waals surface area contributed by atoms with Gasteiger partial charge in [0, 0.05) is 18.0 Å². The van der Waals surface area contributed by atoms with Crippen LogP contribution in [0.25, 0.3) is 0 Å². The van der Waals surface area contributed by atoms with Crippen molar-refractivity contribution in [2.75, 3.05) is 0 Å². The smallest absolute Gasteiger partial charge is 0.110 e. The van der Waals surface area contributed by atoms with Crippen molar-refractivity contribution < 1.29 is 15.6 Å². The molecule has 0 aliphatic heterocycles. The zero-order chi connectivity index (χ0) is 13.4. The molecule has 1 atom stereocenters. The molecule has 0 radical (unpaired) electrons. The molecule has 1 rings (SSSR count). The van der Waals surface area contributed by atoms with Gasteiger partial charge in [-0.1, -0.05) is 37.6 Å². The minimum atomic E-state index is -0.975. The molecule has 0 saturated heterocycles. The van der Waals surface area contributed by atoms with E-state index in [-0.39, 0.29) is 12.5 Å². The normalized spacial score (nSPS) is 12.3. The summed E-state index contributed by atoms with van der Waals surface area (Å²) in [6.07, 6.45) is 5.11. The van der Waals surface area contributed by atoms with Gasteiger partial charge in [0.1, 0.15) is 6.04 Å². The van der Waals surface area contributed by atoms with Crippen LogP contribution in [0.5, 0.6) is 0 Å². The fourth-order valence-electron chi connectivity index (χ4n) is 2.00. The Labute approximate surface area is 109 Å². The van der Waals surface area contributed by atoms with Gasteiger partial charge in [0.2, 0.25) is 0 Å². The Balaban J connectivity index is 2.43. The number of benzene rings is 1. The summed E-state index contributed by atoms with van der Waals surface area (Å²) in [5.74, 6) is -0.975. The SMILES string of the molecule is CCCCc1ccc([C@H]([NH3+])CCCC(=O)[O-])cc1. The zero-order valence-electron chi connectivity index (χ0n) is 11.2. The minimum Gasteiger partial charge on any atom is -0.550 e. The van der Waals surface area contributed by atoms with Crippen molar-refractivity contribution in [1.82, 2.24) is 0 Å². The molecule has 1 aromatic rings. The van der Waals surface area contributed by atoms with Crippen LogP contribution < -0.4 is 10.8 Å². The molecule has 0 aliphatic rings. The number of carboxylic acid groups (broad SMARTS) is 1. The second kappa shape index (κ2) is 7.88. The van der Waals surface area contributed by atoms with Crippen molar-refractivity contribution in [2.24, 2.45) is 0 Å². The molecule has 1 aromatic carbocycles. The lowest BCUT2D eigenvalue weighted by atomic mass is 9.99. The molecule has 18 heavy (non-hydrogen) atoms. The van der Waals surface area contributed by atoms with E-state index < -0.39 is 5.97 Å². The topological polar surface area (TPSA) is 67.8 Å². The first-order chi connectivity index (χ1) is 8.63. The van der Waals surface area contributed by atoms with E-state index in [1.165, 1.54) is 24.0 Å². The molecule has 0 fully saturated rings. The van der Waals surface area contributed by atoms with Crippen molar-refractivity contribution in [1.29, 1.82) is 0 Å². The van der Waals surface area contributed by atoms with E-state index in [9.17, 15) is 9.90 Å². The lowest BCUT2D eigenvalue weighted by molar-refractivity contribution is -0.428. The molecule has 3 heteroatoms. The highest BCUT2D eigenvalue weighted by molar-refractivity contribution is 5.64. The fraction of sp³-hybridized carbons (Fsp3) is 0.533. The van der Waals surface area contributed by atoms with Gasteiger partial charge in [0.05, 0.1) is 0 Å². The molecule has 0 saturated carbocycles. The Morgan fingerprint density at radius 2 is 1.94 bits per heavy atom. The second-order valence-corrected chi connectivity index (χ2v) is 4.81. The van der Waals surface area contributed by atoms with Gasteiger partial charge in [-0.15, -0.1) is 0 Å². The van der Waals surface area contributed by atoms with E-state index in [4.69, 9.17) is 0 Å². The molecule has 0 spiro atoms. The highest BCUT2D eigenvalue weighted by Crippen LogP contribution is 2.16. The number of hydrogen-bond donors (Lipinski definition) is 1. The number of hydrogen-bond acceptors (Lipinski definition) is 2. The predicted molar refractivity (Wildman–Crippen MR) is 69.5 cm³/mol. The Morgan fingerprint density at radius 1 is 1.28 bits per heavy atom. The van der Waals surface area contributed by atoms with Gasteiger partial charge in [-0.25, -0.2) is 0 Å². The summed E-state index contributed by atoms with van der Waals surface area (Å²) in [5.41, 5.74) is 6.64. The fourth-order valence-corrected chi connectivity index (χ4v) is 2.00. The summed E-state index contributed by atoms with van der Waals surface area (Å²) in [5, 5.41) is 10.3. The Hall–Kier alpha value is -1.35. The third-order valence-corrected chi connectivity index (χ3v) is 3.20. The summed E-state index contributed by atoms with van der Waals surface area (Å²) in [6, 6.07) is 8.71. The average Bonchev–Trinajstić information content (AvgIpc) is 2.36. The molecule has 3 nitrogen and oxygen atoms in total. The van der Waals surface area contributed by atoms with Gasteiger partial charge in [-0.2, -0.15) is 0 Å². The number of unbranched alkanes of at least 4 members (excludes halogenated alkanes) is 1. The lowest BCUT2D eigenvalue weighted by Gasteiger charge is -2.10. The van der Waals surface area contributed by atoms with Crippen LogP contribution >= 0.6 is 0 Å². The van der Waals surface area contributed by atoms with Gasteiger partial charge in [0.25, 0.3) is 0 Å².